The molecule has 1 saturated heterocycles. The van der Waals surface area contributed by atoms with Crippen molar-refractivity contribution in [2.45, 2.75) is 13.1 Å². The Hall–Kier alpha value is -2.23. The second-order valence-electron chi connectivity index (χ2n) is 6.49. The molecule has 1 aliphatic heterocycles. The van der Waals surface area contributed by atoms with E-state index in [1.54, 1.807) is 18.0 Å². The number of amides is 1. The van der Waals surface area contributed by atoms with Crippen molar-refractivity contribution >= 4 is 17.1 Å². The van der Waals surface area contributed by atoms with Gasteiger partial charge in [-0.3, -0.25) is 9.69 Å². The SMILES string of the molecule is CC1CN(CC(F)(F)F)CCN(C(=O)c2cnc3c(c2)nnn3C)C1. The average molecular weight is 356 g/mol. The van der Waals surface area contributed by atoms with Crippen LogP contribution in [0, 0.1) is 5.92 Å². The molecular formula is C15H19F3N6O. The second kappa shape index (κ2) is 6.58. The number of aromatic nitrogens is 4. The largest absolute Gasteiger partial charge is 0.401 e. The number of fused-ring (bicyclic) bond motifs is 1. The lowest BCUT2D eigenvalue weighted by atomic mass is 10.1. The van der Waals surface area contributed by atoms with Gasteiger partial charge in [0.1, 0.15) is 5.52 Å². The van der Waals surface area contributed by atoms with Crippen LogP contribution in [0.5, 0.6) is 0 Å². The number of alkyl halides is 3. The highest BCUT2D eigenvalue weighted by Gasteiger charge is 2.33. The van der Waals surface area contributed by atoms with Crippen LogP contribution in [0.2, 0.25) is 0 Å². The van der Waals surface area contributed by atoms with Crippen molar-refractivity contribution in [1.82, 2.24) is 29.8 Å². The number of aryl methyl sites for hydroxylation is 1. The van der Waals surface area contributed by atoms with Gasteiger partial charge in [-0.05, 0) is 12.0 Å². The van der Waals surface area contributed by atoms with Gasteiger partial charge in [-0.1, -0.05) is 12.1 Å². The van der Waals surface area contributed by atoms with Crippen molar-refractivity contribution in [3.8, 4) is 0 Å². The van der Waals surface area contributed by atoms with E-state index in [2.05, 4.69) is 15.3 Å². The minimum absolute atomic E-state index is 0.0537. The van der Waals surface area contributed by atoms with Crippen molar-refractivity contribution in [1.29, 1.82) is 0 Å². The lowest BCUT2D eigenvalue weighted by molar-refractivity contribution is -0.146. The van der Waals surface area contributed by atoms with Gasteiger partial charge < -0.3 is 4.90 Å². The molecule has 1 fully saturated rings. The topological polar surface area (TPSA) is 67.2 Å². The highest BCUT2D eigenvalue weighted by molar-refractivity contribution is 5.96. The maximum atomic E-state index is 12.7. The molecule has 0 N–H and O–H groups in total. The van der Waals surface area contributed by atoms with Gasteiger partial charge in [-0.25, -0.2) is 9.67 Å². The predicted molar refractivity (Wildman–Crippen MR) is 83.9 cm³/mol. The maximum Gasteiger partial charge on any atom is 0.401 e. The zero-order chi connectivity index (χ0) is 18.2. The first-order chi connectivity index (χ1) is 11.7. The summed E-state index contributed by atoms with van der Waals surface area (Å²) in [7, 11) is 1.70. The summed E-state index contributed by atoms with van der Waals surface area (Å²) in [6.45, 7) is 2.05. The number of rotatable bonds is 2. The molecule has 10 heteroatoms. The van der Waals surface area contributed by atoms with Crippen molar-refractivity contribution in [3.05, 3.63) is 17.8 Å². The van der Waals surface area contributed by atoms with Gasteiger partial charge in [0.25, 0.3) is 5.91 Å². The Bertz CT molecular complexity index is 774. The van der Waals surface area contributed by atoms with Crippen LogP contribution >= 0.6 is 0 Å². The molecule has 136 valence electrons. The fourth-order valence-corrected chi connectivity index (χ4v) is 3.13. The number of carbonyl (C=O) groups excluding carboxylic acids is 1. The van der Waals surface area contributed by atoms with Crippen LogP contribution in [0.4, 0.5) is 13.2 Å². The first-order valence-electron chi connectivity index (χ1n) is 7.97. The van der Waals surface area contributed by atoms with E-state index in [1.807, 2.05) is 6.92 Å². The normalized spacial score (nSPS) is 20.0. The van der Waals surface area contributed by atoms with Crippen molar-refractivity contribution in [3.63, 3.8) is 0 Å². The Morgan fingerprint density at radius 1 is 1.32 bits per heavy atom. The summed E-state index contributed by atoms with van der Waals surface area (Å²) in [5.41, 5.74) is 1.44. The Morgan fingerprint density at radius 2 is 2.08 bits per heavy atom. The van der Waals surface area contributed by atoms with Crippen LogP contribution in [0.1, 0.15) is 17.3 Å². The third-order valence-corrected chi connectivity index (χ3v) is 4.17. The summed E-state index contributed by atoms with van der Waals surface area (Å²) in [5, 5.41) is 7.78. The highest BCUT2D eigenvalue weighted by Crippen LogP contribution is 2.20. The van der Waals surface area contributed by atoms with E-state index in [1.165, 1.54) is 15.8 Å². The van der Waals surface area contributed by atoms with Crippen LogP contribution in [-0.2, 0) is 7.05 Å². The molecule has 1 unspecified atom stereocenters. The number of pyridine rings is 1. The number of halogens is 3. The van der Waals surface area contributed by atoms with Crippen LogP contribution in [-0.4, -0.2) is 74.6 Å². The zero-order valence-corrected chi connectivity index (χ0v) is 14.0. The summed E-state index contributed by atoms with van der Waals surface area (Å²) >= 11 is 0. The molecule has 7 nitrogen and oxygen atoms in total. The van der Waals surface area contributed by atoms with Crippen molar-refractivity contribution in [2.24, 2.45) is 13.0 Å². The molecule has 3 rings (SSSR count). The van der Waals surface area contributed by atoms with E-state index in [4.69, 9.17) is 0 Å². The molecule has 0 saturated carbocycles. The van der Waals surface area contributed by atoms with Gasteiger partial charge in [-0.2, -0.15) is 13.2 Å². The number of carbonyl (C=O) groups is 1. The van der Waals surface area contributed by atoms with Crippen molar-refractivity contribution < 1.29 is 18.0 Å². The fourth-order valence-electron chi connectivity index (χ4n) is 3.13. The molecule has 1 aliphatic rings. The molecule has 25 heavy (non-hydrogen) atoms. The number of nitrogens with zero attached hydrogens (tertiary/aromatic N) is 6. The Labute approximate surface area is 142 Å². The highest BCUT2D eigenvalue weighted by atomic mass is 19.4. The lowest BCUT2D eigenvalue weighted by Gasteiger charge is -2.22. The molecule has 2 aromatic rings. The summed E-state index contributed by atoms with van der Waals surface area (Å²) in [4.78, 5) is 19.9. The first kappa shape index (κ1) is 17.6. The van der Waals surface area contributed by atoms with Gasteiger partial charge in [0.05, 0.1) is 12.1 Å². The molecular weight excluding hydrogens is 337 g/mol. The Kier molecular flexibility index (Phi) is 4.63. The summed E-state index contributed by atoms with van der Waals surface area (Å²) in [6.07, 6.45) is -2.78. The molecule has 0 aromatic carbocycles. The van der Waals surface area contributed by atoms with Crippen molar-refractivity contribution in [2.75, 3.05) is 32.7 Å². The van der Waals surface area contributed by atoms with E-state index in [0.717, 1.165) is 0 Å². The van der Waals surface area contributed by atoms with Crippen LogP contribution in [0.25, 0.3) is 11.2 Å². The monoisotopic (exact) mass is 356 g/mol. The molecule has 1 atom stereocenters. The van der Waals surface area contributed by atoms with E-state index in [-0.39, 0.29) is 24.9 Å². The zero-order valence-electron chi connectivity index (χ0n) is 14.0. The lowest BCUT2D eigenvalue weighted by Crippen LogP contribution is -2.38. The van der Waals surface area contributed by atoms with E-state index in [9.17, 15) is 18.0 Å². The maximum absolute atomic E-state index is 12.7. The third kappa shape index (κ3) is 4.06. The van der Waals surface area contributed by atoms with Crippen LogP contribution < -0.4 is 0 Å². The third-order valence-electron chi connectivity index (χ3n) is 4.17. The molecule has 0 spiro atoms. The smallest absolute Gasteiger partial charge is 0.337 e. The molecule has 0 aliphatic carbocycles. The predicted octanol–water partition coefficient (Wildman–Crippen LogP) is 1.32. The van der Waals surface area contributed by atoms with E-state index < -0.39 is 12.7 Å². The van der Waals surface area contributed by atoms with Gasteiger partial charge in [0.2, 0.25) is 0 Å². The molecule has 0 radical (unpaired) electrons. The number of hydrogen-bond donors (Lipinski definition) is 0. The van der Waals surface area contributed by atoms with Gasteiger partial charge >= 0.3 is 6.18 Å². The molecule has 0 bridgehead atoms. The standard InChI is InChI=1S/C15H19F3N6O/c1-10-7-23(9-15(16,17)18)3-4-24(8-10)14(25)11-5-12-13(19-6-11)22(2)21-20-12/h5-6,10H,3-4,7-9H2,1-2H3. The first-order valence-corrected chi connectivity index (χ1v) is 7.97. The minimum atomic E-state index is -4.24. The van der Waals surface area contributed by atoms with Crippen LogP contribution in [0.3, 0.4) is 0 Å². The summed E-state index contributed by atoms with van der Waals surface area (Å²) < 4.78 is 39.4. The van der Waals surface area contributed by atoms with Gasteiger partial charge in [0, 0.05) is 39.4 Å². The molecule has 1 amide bonds. The van der Waals surface area contributed by atoms with E-state index >= 15 is 0 Å². The fraction of sp³-hybridized carbons (Fsp3) is 0.600. The second-order valence-corrected chi connectivity index (χ2v) is 6.49. The Morgan fingerprint density at radius 3 is 2.80 bits per heavy atom. The molecule has 2 aromatic heterocycles. The Balaban J connectivity index is 1.74. The molecule has 3 heterocycles. The minimum Gasteiger partial charge on any atom is -0.337 e. The summed E-state index contributed by atoms with van der Waals surface area (Å²) in [6, 6.07) is 1.61. The van der Waals surface area contributed by atoms with Gasteiger partial charge in [-0.15, -0.1) is 5.10 Å². The quantitative estimate of drug-likeness (QED) is 0.812. The van der Waals surface area contributed by atoms with Crippen LogP contribution in [0.15, 0.2) is 12.3 Å². The van der Waals surface area contributed by atoms with Gasteiger partial charge in [0.15, 0.2) is 5.65 Å². The van der Waals surface area contributed by atoms with E-state index in [0.29, 0.717) is 29.8 Å². The average Bonchev–Trinajstić information content (AvgIpc) is 2.79. The summed E-state index contributed by atoms with van der Waals surface area (Å²) in [5.74, 6) is -0.303. The number of hydrogen-bond acceptors (Lipinski definition) is 5.